The predicted octanol–water partition coefficient (Wildman–Crippen LogP) is 6.65. The molecule has 0 N–H and O–H groups in total. The lowest BCUT2D eigenvalue weighted by Gasteiger charge is -2.34. The van der Waals surface area contributed by atoms with Crippen LogP contribution in [0.5, 0.6) is 0 Å². The molecule has 1 aromatic heterocycles. The van der Waals surface area contributed by atoms with Crippen LogP contribution in [-0.2, 0) is 13.1 Å². The molecular formula is C28H35ClN4O2S. The number of benzene rings is 1. The molecule has 2 aromatic rings. The van der Waals surface area contributed by atoms with Crippen molar-refractivity contribution in [1.82, 2.24) is 9.88 Å². The van der Waals surface area contributed by atoms with Crippen LogP contribution in [0.15, 0.2) is 29.2 Å². The fraction of sp³-hybridized carbons (Fsp3) is 0.536. The molecule has 6 nitrogen and oxygen atoms in total. The molecule has 2 fully saturated rings. The van der Waals surface area contributed by atoms with Crippen molar-refractivity contribution in [3.8, 4) is 0 Å². The highest BCUT2D eigenvalue weighted by Gasteiger charge is 2.34. The molecule has 3 heterocycles. The van der Waals surface area contributed by atoms with Gasteiger partial charge in [0.25, 0.3) is 5.91 Å². The first-order valence-corrected chi connectivity index (χ1v) is 14.7. The molecule has 3 aliphatic rings. The van der Waals surface area contributed by atoms with Gasteiger partial charge in [-0.05, 0) is 116 Å². The van der Waals surface area contributed by atoms with Crippen LogP contribution >= 0.6 is 23.4 Å². The number of aromatic nitrogens is 1. The van der Waals surface area contributed by atoms with Gasteiger partial charge in [0.05, 0.1) is 6.54 Å². The number of carbonyl (C=O) groups is 2. The molecule has 1 saturated carbocycles. The monoisotopic (exact) mass is 526 g/mol. The number of halogens is 1. The maximum atomic E-state index is 13.8. The summed E-state index contributed by atoms with van der Waals surface area (Å²) in [6, 6.07) is 8.36. The Hall–Kier alpha value is -2.09. The molecule has 8 heteroatoms. The van der Waals surface area contributed by atoms with E-state index < -0.39 is 5.37 Å². The summed E-state index contributed by atoms with van der Waals surface area (Å²) in [6.07, 6.45) is 8.09. The molecule has 192 valence electrons. The van der Waals surface area contributed by atoms with E-state index in [0.717, 1.165) is 54.1 Å². The van der Waals surface area contributed by atoms with Crippen molar-refractivity contribution in [2.75, 3.05) is 35.7 Å². The van der Waals surface area contributed by atoms with Crippen molar-refractivity contribution < 1.29 is 9.59 Å². The maximum Gasteiger partial charge on any atom is 0.321 e. The lowest BCUT2D eigenvalue weighted by atomic mass is 9.72. The Morgan fingerprint density at radius 1 is 1.17 bits per heavy atom. The van der Waals surface area contributed by atoms with Gasteiger partial charge < -0.3 is 0 Å². The summed E-state index contributed by atoms with van der Waals surface area (Å²) in [4.78, 5) is 37.6. The average molecular weight is 527 g/mol. The topological polar surface area (TPSA) is 56.8 Å². The molecule has 5 rings (SSSR count). The summed E-state index contributed by atoms with van der Waals surface area (Å²) < 4.78 is 0. The van der Waals surface area contributed by atoms with Crippen LogP contribution < -0.4 is 9.80 Å². The number of anilines is 2. The lowest BCUT2D eigenvalue weighted by Crippen LogP contribution is -2.30. The molecule has 0 bridgehead atoms. The van der Waals surface area contributed by atoms with E-state index in [-0.39, 0.29) is 5.91 Å². The molecule has 1 aliphatic carbocycles. The van der Waals surface area contributed by atoms with Crippen LogP contribution in [-0.4, -0.2) is 47.0 Å². The van der Waals surface area contributed by atoms with Crippen molar-refractivity contribution in [3.63, 3.8) is 0 Å². The van der Waals surface area contributed by atoms with Gasteiger partial charge in [-0.15, -0.1) is 11.8 Å². The van der Waals surface area contributed by atoms with Gasteiger partial charge in [0.15, 0.2) is 0 Å². The number of piperidine rings is 1. The molecule has 1 saturated heterocycles. The SMILES string of the molecule is CCN(C(=O)Cl)c1cc(C2CC(C)C2)cc(N2Cc3c(SC)cc(CN4CCCCC4)cc3C2=O)n1. The molecule has 36 heavy (non-hydrogen) atoms. The molecule has 0 unspecified atom stereocenters. The zero-order valence-electron chi connectivity index (χ0n) is 21.4. The number of carbonyl (C=O) groups excluding carboxylic acids is 2. The normalized spacial score (nSPS) is 21.9. The van der Waals surface area contributed by atoms with Gasteiger partial charge in [0.1, 0.15) is 11.6 Å². The molecule has 2 amide bonds. The number of amides is 2. The number of rotatable bonds is 7. The molecular weight excluding hydrogens is 492 g/mol. The van der Waals surface area contributed by atoms with Crippen molar-refractivity contribution in [2.45, 2.75) is 69.9 Å². The van der Waals surface area contributed by atoms with Crippen LogP contribution in [0.4, 0.5) is 16.4 Å². The van der Waals surface area contributed by atoms with Crippen LogP contribution in [0.2, 0.25) is 0 Å². The summed E-state index contributed by atoms with van der Waals surface area (Å²) >= 11 is 7.59. The van der Waals surface area contributed by atoms with Crippen molar-refractivity contribution in [2.24, 2.45) is 5.92 Å². The molecule has 2 aliphatic heterocycles. The van der Waals surface area contributed by atoms with E-state index in [0.29, 0.717) is 36.6 Å². The smallest absolute Gasteiger partial charge is 0.299 e. The Balaban J connectivity index is 1.48. The van der Waals surface area contributed by atoms with Gasteiger partial charge in [-0.3, -0.25) is 24.3 Å². The van der Waals surface area contributed by atoms with Crippen molar-refractivity contribution >= 4 is 46.3 Å². The second kappa shape index (κ2) is 10.7. The summed E-state index contributed by atoms with van der Waals surface area (Å²) in [5.74, 6) is 2.21. The maximum absolute atomic E-state index is 13.8. The predicted molar refractivity (Wildman–Crippen MR) is 148 cm³/mol. The van der Waals surface area contributed by atoms with Crippen LogP contribution in [0, 0.1) is 5.92 Å². The number of likely N-dealkylation sites (tertiary alicyclic amines) is 1. The Bertz CT molecular complexity index is 1160. The van der Waals surface area contributed by atoms with Gasteiger partial charge in [-0.2, -0.15) is 0 Å². The number of thioether (sulfide) groups is 1. The number of hydrogen-bond acceptors (Lipinski definition) is 5. The molecule has 0 radical (unpaired) electrons. The molecule has 1 aromatic carbocycles. The molecule has 0 spiro atoms. The average Bonchev–Trinajstić information content (AvgIpc) is 3.18. The summed E-state index contributed by atoms with van der Waals surface area (Å²) in [7, 11) is 0. The quantitative estimate of drug-likeness (QED) is 0.230. The Morgan fingerprint density at radius 3 is 2.56 bits per heavy atom. The lowest BCUT2D eigenvalue weighted by molar-refractivity contribution is 0.0995. The third-order valence-electron chi connectivity index (χ3n) is 7.88. The van der Waals surface area contributed by atoms with Gasteiger partial charge in [0.2, 0.25) is 0 Å². The van der Waals surface area contributed by atoms with Gasteiger partial charge in [-0.25, -0.2) is 4.98 Å². The minimum Gasteiger partial charge on any atom is -0.299 e. The van der Waals surface area contributed by atoms with E-state index in [1.807, 2.05) is 19.1 Å². The van der Waals surface area contributed by atoms with E-state index in [4.69, 9.17) is 16.6 Å². The number of pyridine rings is 1. The first-order valence-electron chi connectivity index (χ1n) is 13.1. The van der Waals surface area contributed by atoms with Crippen LogP contribution in [0.25, 0.3) is 0 Å². The second-order valence-corrected chi connectivity index (χ2v) is 11.6. The summed E-state index contributed by atoms with van der Waals surface area (Å²) in [6.45, 7) is 8.18. The number of fused-ring (bicyclic) bond motifs is 1. The summed E-state index contributed by atoms with van der Waals surface area (Å²) in [5, 5.41) is -0.557. The highest BCUT2D eigenvalue weighted by Crippen LogP contribution is 2.44. The van der Waals surface area contributed by atoms with E-state index in [9.17, 15) is 9.59 Å². The standard InChI is InChI=1S/C28H35ClN4O2S/c1-4-32(28(29)35)25-14-21(20-10-18(2)11-20)15-26(30-25)33-17-23-22(27(33)34)12-19(13-24(23)36-3)16-31-8-6-5-7-9-31/h12-15,18,20H,4-11,16-17H2,1-3H3. The van der Waals surface area contributed by atoms with Crippen LogP contribution in [0.1, 0.15) is 78.9 Å². The zero-order valence-corrected chi connectivity index (χ0v) is 23.0. The first kappa shape index (κ1) is 25.6. The minimum atomic E-state index is -0.557. The van der Waals surface area contributed by atoms with Gasteiger partial charge in [0, 0.05) is 23.5 Å². The number of hydrogen-bond donors (Lipinski definition) is 0. The van der Waals surface area contributed by atoms with Crippen molar-refractivity contribution in [3.05, 3.63) is 46.5 Å². The largest absolute Gasteiger partial charge is 0.321 e. The zero-order chi connectivity index (χ0) is 25.4. The number of nitrogens with zero attached hydrogens (tertiary/aromatic N) is 4. The van der Waals surface area contributed by atoms with Gasteiger partial charge >= 0.3 is 5.37 Å². The van der Waals surface area contributed by atoms with E-state index >= 15 is 0 Å². The first-order chi connectivity index (χ1) is 17.4. The Kier molecular flexibility index (Phi) is 7.61. The molecule has 0 atom stereocenters. The Morgan fingerprint density at radius 2 is 1.92 bits per heavy atom. The van der Waals surface area contributed by atoms with E-state index in [1.165, 1.54) is 29.7 Å². The van der Waals surface area contributed by atoms with Crippen molar-refractivity contribution in [1.29, 1.82) is 0 Å². The third-order valence-corrected chi connectivity index (χ3v) is 8.89. The third kappa shape index (κ3) is 5.02. The highest BCUT2D eigenvalue weighted by molar-refractivity contribution is 7.98. The summed E-state index contributed by atoms with van der Waals surface area (Å²) in [5.41, 5.74) is 4.18. The van der Waals surface area contributed by atoms with E-state index in [1.54, 1.807) is 16.7 Å². The van der Waals surface area contributed by atoms with Gasteiger partial charge in [-0.1, -0.05) is 13.3 Å². The Labute approximate surface area is 223 Å². The highest BCUT2D eigenvalue weighted by atomic mass is 35.5. The van der Waals surface area contributed by atoms with Crippen LogP contribution in [0.3, 0.4) is 0 Å². The van der Waals surface area contributed by atoms with E-state index in [2.05, 4.69) is 30.2 Å². The minimum absolute atomic E-state index is 0.0152. The fourth-order valence-electron chi connectivity index (χ4n) is 5.85. The second-order valence-electron chi connectivity index (χ2n) is 10.4. The fourth-order valence-corrected chi connectivity index (χ4v) is 6.75.